The summed E-state index contributed by atoms with van der Waals surface area (Å²) in [5.74, 6) is 0. The fourth-order valence-electron chi connectivity index (χ4n) is 3.86. The van der Waals surface area contributed by atoms with Crippen molar-refractivity contribution in [3.8, 4) is 0 Å². The van der Waals surface area contributed by atoms with E-state index in [-0.39, 0.29) is 12.1 Å². The van der Waals surface area contributed by atoms with Crippen LogP contribution in [0.1, 0.15) is 91.9 Å². The zero-order valence-electron chi connectivity index (χ0n) is 15.6. The second-order valence-corrected chi connectivity index (χ2v) is 8.23. The summed E-state index contributed by atoms with van der Waals surface area (Å²) in [7, 11) is 0. The van der Waals surface area contributed by atoms with Crippen molar-refractivity contribution >= 4 is 6.09 Å². The average Bonchev–Trinajstić information content (AvgIpc) is 2.44. The van der Waals surface area contributed by atoms with Gasteiger partial charge in [0, 0.05) is 6.04 Å². The van der Waals surface area contributed by atoms with Gasteiger partial charge in [0.05, 0.1) is 6.04 Å². The van der Waals surface area contributed by atoms with Gasteiger partial charge in [-0.3, -0.25) is 4.90 Å². The maximum atomic E-state index is 12.5. The molecule has 1 saturated heterocycles. The van der Waals surface area contributed by atoms with Gasteiger partial charge in [-0.1, -0.05) is 44.3 Å². The number of fused-ring (bicyclic) bond motifs is 2. The first-order chi connectivity index (χ1) is 10.9. The molecule has 0 aromatic rings. The summed E-state index contributed by atoms with van der Waals surface area (Å²) in [6, 6.07) is 0.627. The SMILES string of the molecule is CCCCCCCC1=CC2CCCC(C1)N2C(=O)OC(C)(C)C. The molecule has 2 aliphatic heterocycles. The lowest BCUT2D eigenvalue weighted by molar-refractivity contribution is -0.00159. The quantitative estimate of drug-likeness (QED) is 0.454. The second kappa shape index (κ2) is 8.21. The maximum Gasteiger partial charge on any atom is 0.411 e. The molecule has 1 fully saturated rings. The summed E-state index contributed by atoms with van der Waals surface area (Å²) in [5, 5.41) is 0. The lowest BCUT2D eigenvalue weighted by atomic mass is 9.84. The second-order valence-electron chi connectivity index (χ2n) is 8.23. The molecule has 1 amide bonds. The van der Waals surface area contributed by atoms with Crippen LogP contribution in [0.3, 0.4) is 0 Å². The number of unbranched alkanes of at least 4 members (excludes halogenated alkanes) is 4. The van der Waals surface area contributed by atoms with Gasteiger partial charge in [-0.25, -0.2) is 4.79 Å². The third kappa shape index (κ3) is 5.54. The molecule has 0 aromatic carbocycles. The highest BCUT2D eigenvalue weighted by atomic mass is 16.6. The monoisotopic (exact) mass is 321 g/mol. The minimum absolute atomic E-state index is 0.120. The van der Waals surface area contributed by atoms with E-state index in [1.165, 1.54) is 44.9 Å². The molecule has 0 aliphatic carbocycles. The Hall–Kier alpha value is -0.990. The molecule has 23 heavy (non-hydrogen) atoms. The van der Waals surface area contributed by atoms with E-state index in [9.17, 15) is 4.79 Å². The molecular formula is C20H35NO2. The first kappa shape index (κ1) is 18.4. The third-order valence-corrected chi connectivity index (χ3v) is 4.92. The van der Waals surface area contributed by atoms with E-state index in [0.29, 0.717) is 6.04 Å². The van der Waals surface area contributed by atoms with E-state index in [2.05, 4.69) is 13.0 Å². The number of nitrogens with zero attached hydrogens (tertiary/aromatic N) is 1. The van der Waals surface area contributed by atoms with Crippen molar-refractivity contribution in [2.24, 2.45) is 0 Å². The number of piperidine rings is 1. The molecule has 3 nitrogen and oxygen atoms in total. The minimum atomic E-state index is -0.408. The van der Waals surface area contributed by atoms with Crippen LogP contribution < -0.4 is 0 Å². The highest BCUT2D eigenvalue weighted by Crippen LogP contribution is 2.35. The third-order valence-electron chi connectivity index (χ3n) is 4.92. The number of ether oxygens (including phenoxy) is 1. The normalized spacial score (nSPS) is 24.3. The molecule has 2 unspecified atom stereocenters. The lowest BCUT2D eigenvalue weighted by Crippen LogP contribution is -2.53. The van der Waals surface area contributed by atoms with Crippen molar-refractivity contribution in [1.29, 1.82) is 0 Å². The van der Waals surface area contributed by atoms with Crippen molar-refractivity contribution < 1.29 is 9.53 Å². The van der Waals surface area contributed by atoms with Crippen molar-refractivity contribution in [2.75, 3.05) is 0 Å². The summed E-state index contributed by atoms with van der Waals surface area (Å²) in [5.41, 5.74) is 1.17. The van der Waals surface area contributed by atoms with E-state index in [1.807, 2.05) is 25.7 Å². The Labute approximate surface area is 142 Å². The maximum absolute atomic E-state index is 12.5. The number of hydrogen-bond acceptors (Lipinski definition) is 2. The van der Waals surface area contributed by atoms with Gasteiger partial charge in [-0.15, -0.1) is 0 Å². The Bertz CT molecular complexity index is 422. The predicted octanol–water partition coefficient (Wildman–Crippen LogP) is 5.84. The predicted molar refractivity (Wildman–Crippen MR) is 95.6 cm³/mol. The van der Waals surface area contributed by atoms with Crippen LogP contribution >= 0.6 is 0 Å². The Kier molecular flexibility index (Phi) is 6.55. The fourth-order valence-corrected chi connectivity index (χ4v) is 3.86. The Balaban J connectivity index is 1.92. The Morgan fingerprint density at radius 1 is 1.22 bits per heavy atom. The topological polar surface area (TPSA) is 29.5 Å². The Morgan fingerprint density at radius 2 is 1.96 bits per heavy atom. The summed E-state index contributed by atoms with van der Waals surface area (Å²) < 4.78 is 5.63. The minimum Gasteiger partial charge on any atom is -0.444 e. The van der Waals surface area contributed by atoms with Crippen LogP contribution in [-0.4, -0.2) is 28.7 Å². The molecule has 2 heterocycles. The van der Waals surface area contributed by atoms with Crippen LogP contribution in [0, 0.1) is 0 Å². The summed E-state index contributed by atoms with van der Waals surface area (Å²) in [6.45, 7) is 8.10. The number of amides is 1. The van der Waals surface area contributed by atoms with Crippen LogP contribution in [-0.2, 0) is 4.74 Å². The summed E-state index contributed by atoms with van der Waals surface area (Å²) >= 11 is 0. The number of hydrogen-bond donors (Lipinski definition) is 0. The molecule has 0 aromatic heterocycles. The van der Waals surface area contributed by atoms with E-state index in [0.717, 1.165) is 19.3 Å². The Morgan fingerprint density at radius 3 is 2.61 bits per heavy atom. The zero-order chi connectivity index (χ0) is 16.9. The highest BCUT2D eigenvalue weighted by molar-refractivity contribution is 5.70. The summed E-state index contributed by atoms with van der Waals surface area (Å²) in [6.07, 6.45) is 14.7. The van der Waals surface area contributed by atoms with Crippen LogP contribution in [0.5, 0.6) is 0 Å². The van der Waals surface area contributed by atoms with Crippen molar-refractivity contribution in [2.45, 2.75) is 110 Å². The van der Waals surface area contributed by atoms with Crippen LogP contribution in [0.4, 0.5) is 4.79 Å². The first-order valence-electron chi connectivity index (χ1n) is 9.61. The first-order valence-corrected chi connectivity index (χ1v) is 9.61. The van der Waals surface area contributed by atoms with Gasteiger partial charge in [0.2, 0.25) is 0 Å². The van der Waals surface area contributed by atoms with E-state index >= 15 is 0 Å². The van der Waals surface area contributed by atoms with E-state index in [1.54, 1.807) is 5.57 Å². The fraction of sp³-hybridized carbons (Fsp3) is 0.850. The molecule has 3 heteroatoms. The van der Waals surface area contributed by atoms with E-state index < -0.39 is 5.60 Å². The highest BCUT2D eigenvalue weighted by Gasteiger charge is 2.38. The largest absolute Gasteiger partial charge is 0.444 e. The molecule has 0 N–H and O–H groups in total. The standard InChI is InChI=1S/C20H35NO2/c1-5-6-7-8-9-11-16-14-17-12-10-13-18(15-16)21(17)19(22)23-20(2,3)4/h14,17-18H,5-13,15H2,1-4H3. The molecule has 0 saturated carbocycles. The van der Waals surface area contributed by atoms with Gasteiger partial charge in [0.25, 0.3) is 0 Å². The zero-order valence-corrected chi connectivity index (χ0v) is 15.6. The lowest BCUT2D eigenvalue weighted by Gasteiger charge is -2.45. The van der Waals surface area contributed by atoms with E-state index in [4.69, 9.17) is 4.74 Å². The molecule has 0 spiro atoms. The number of carbonyl (C=O) groups excluding carboxylic acids is 1. The molecule has 2 aliphatic rings. The van der Waals surface area contributed by atoms with Gasteiger partial charge < -0.3 is 4.74 Å². The number of rotatable bonds is 6. The van der Waals surface area contributed by atoms with Crippen molar-refractivity contribution in [1.82, 2.24) is 4.90 Å². The molecule has 2 bridgehead atoms. The van der Waals surface area contributed by atoms with Gasteiger partial charge in [-0.05, 0) is 59.3 Å². The van der Waals surface area contributed by atoms with Gasteiger partial charge in [0.15, 0.2) is 0 Å². The van der Waals surface area contributed by atoms with Crippen molar-refractivity contribution in [3.05, 3.63) is 11.6 Å². The smallest absolute Gasteiger partial charge is 0.411 e. The van der Waals surface area contributed by atoms with Crippen molar-refractivity contribution in [3.63, 3.8) is 0 Å². The van der Waals surface area contributed by atoms with Crippen LogP contribution in [0.25, 0.3) is 0 Å². The number of carbonyl (C=O) groups is 1. The van der Waals surface area contributed by atoms with Gasteiger partial charge in [0.1, 0.15) is 5.60 Å². The average molecular weight is 322 g/mol. The molecular weight excluding hydrogens is 286 g/mol. The molecule has 2 atom stereocenters. The van der Waals surface area contributed by atoms with Crippen LogP contribution in [0.2, 0.25) is 0 Å². The molecule has 0 radical (unpaired) electrons. The van der Waals surface area contributed by atoms with Crippen LogP contribution in [0.15, 0.2) is 11.6 Å². The molecule has 132 valence electrons. The van der Waals surface area contributed by atoms with Gasteiger partial charge in [-0.2, -0.15) is 0 Å². The van der Waals surface area contributed by atoms with Gasteiger partial charge >= 0.3 is 6.09 Å². The molecule has 2 rings (SSSR count). The summed E-state index contributed by atoms with van der Waals surface area (Å²) in [4.78, 5) is 14.6.